The van der Waals surface area contributed by atoms with Gasteiger partial charge in [-0.05, 0) is 30.2 Å². The highest BCUT2D eigenvalue weighted by Gasteiger charge is 2.06. The first-order valence-electron chi connectivity index (χ1n) is 6.85. The molecule has 102 valence electrons. The zero-order valence-corrected chi connectivity index (χ0v) is 12.8. The van der Waals surface area contributed by atoms with Crippen molar-refractivity contribution in [1.82, 2.24) is 4.98 Å². The second kappa shape index (κ2) is 6.80. The summed E-state index contributed by atoms with van der Waals surface area (Å²) in [5.74, 6) is 4.04. The van der Waals surface area contributed by atoms with Crippen molar-refractivity contribution in [3.05, 3.63) is 35.9 Å². The predicted molar refractivity (Wildman–Crippen MR) is 86.9 cm³/mol. The van der Waals surface area contributed by atoms with Gasteiger partial charge < -0.3 is 5.32 Å². The van der Waals surface area contributed by atoms with Gasteiger partial charge in [-0.25, -0.2) is 4.98 Å². The number of rotatable bonds is 6. The second-order valence-corrected chi connectivity index (χ2v) is 6.28. The number of anilines is 1. The fourth-order valence-corrected chi connectivity index (χ4v) is 3.21. The average Bonchev–Trinajstić information content (AvgIpc) is 2.42. The third kappa shape index (κ3) is 3.87. The number of benzene rings is 1. The summed E-state index contributed by atoms with van der Waals surface area (Å²) in [5, 5.41) is 4.44. The zero-order chi connectivity index (χ0) is 13.7. The summed E-state index contributed by atoms with van der Waals surface area (Å²) in [6, 6.07) is 10.6. The van der Waals surface area contributed by atoms with E-state index >= 15 is 0 Å². The molecule has 0 spiro atoms. The molecule has 0 saturated heterocycles. The fraction of sp³-hybridized carbons (Fsp3) is 0.438. The van der Waals surface area contributed by atoms with E-state index in [0.29, 0.717) is 0 Å². The monoisotopic (exact) mass is 274 g/mol. The van der Waals surface area contributed by atoms with E-state index in [0.717, 1.165) is 23.0 Å². The van der Waals surface area contributed by atoms with Crippen LogP contribution in [0.2, 0.25) is 0 Å². The number of pyridine rings is 1. The third-order valence-corrected chi connectivity index (χ3v) is 4.18. The van der Waals surface area contributed by atoms with Crippen LogP contribution in [0.25, 0.3) is 10.9 Å². The van der Waals surface area contributed by atoms with Gasteiger partial charge in [-0.3, -0.25) is 0 Å². The second-order valence-electron chi connectivity index (χ2n) is 5.17. The van der Waals surface area contributed by atoms with Gasteiger partial charge in [0.2, 0.25) is 0 Å². The lowest BCUT2D eigenvalue weighted by Crippen LogP contribution is -1.99. The van der Waals surface area contributed by atoms with Crippen LogP contribution in [0.3, 0.4) is 0 Å². The van der Waals surface area contributed by atoms with Gasteiger partial charge in [-0.1, -0.05) is 32.0 Å². The Bertz CT molecular complexity index is 537. The molecule has 0 aliphatic heterocycles. The summed E-state index contributed by atoms with van der Waals surface area (Å²) in [5.41, 5.74) is 2.36. The SMILES string of the molecule is CNc1nc2ccccc2cc1CSCCC(C)C. The minimum atomic E-state index is 0.783. The van der Waals surface area contributed by atoms with Gasteiger partial charge in [0.1, 0.15) is 5.82 Å². The third-order valence-electron chi connectivity index (χ3n) is 3.14. The number of hydrogen-bond donors (Lipinski definition) is 1. The van der Waals surface area contributed by atoms with Crippen molar-refractivity contribution in [2.45, 2.75) is 26.0 Å². The molecule has 1 aromatic carbocycles. The molecule has 2 rings (SSSR count). The number of hydrogen-bond acceptors (Lipinski definition) is 3. The Labute approximate surface area is 120 Å². The van der Waals surface area contributed by atoms with E-state index in [-0.39, 0.29) is 0 Å². The first kappa shape index (κ1) is 14.2. The summed E-state index contributed by atoms with van der Waals surface area (Å²) < 4.78 is 0. The largest absolute Gasteiger partial charge is 0.373 e. The van der Waals surface area contributed by atoms with Crippen LogP contribution in [-0.2, 0) is 5.75 Å². The van der Waals surface area contributed by atoms with Crippen LogP contribution in [-0.4, -0.2) is 17.8 Å². The number of nitrogens with one attached hydrogen (secondary N) is 1. The topological polar surface area (TPSA) is 24.9 Å². The maximum absolute atomic E-state index is 4.68. The van der Waals surface area contributed by atoms with Crippen LogP contribution in [0.4, 0.5) is 5.82 Å². The number of thioether (sulfide) groups is 1. The maximum Gasteiger partial charge on any atom is 0.130 e. The molecule has 0 unspecified atom stereocenters. The van der Waals surface area contributed by atoms with E-state index in [9.17, 15) is 0 Å². The van der Waals surface area contributed by atoms with Crippen LogP contribution in [0.15, 0.2) is 30.3 Å². The highest BCUT2D eigenvalue weighted by molar-refractivity contribution is 7.98. The normalized spacial score (nSPS) is 11.2. The van der Waals surface area contributed by atoms with Crippen LogP contribution in [0.5, 0.6) is 0 Å². The summed E-state index contributed by atoms with van der Waals surface area (Å²) in [4.78, 5) is 4.68. The number of aromatic nitrogens is 1. The fourth-order valence-electron chi connectivity index (χ4n) is 1.99. The summed E-state index contributed by atoms with van der Waals surface area (Å²) in [6.45, 7) is 4.55. The van der Waals surface area contributed by atoms with Crippen LogP contribution < -0.4 is 5.32 Å². The molecule has 2 nitrogen and oxygen atoms in total. The molecule has 0 aliphatic carbocycles. The molecule has 0 saturated carbocycles. The number of para-hydroxylation sites is 1. The van der Waals surface area contributed by atoms with Crippen molar-refractivity contribution in [1.29, 1.82) is 0 Å². The molecule has 0 bridgehead atoms. The Kier molecular flexibility index (Phi) is 5.08. The molecule has 0 fully saturated rings. The van der Waals surface area contributed by atoms with Crippen molar-refractivity contribution in [3.8, 4) is 0 Å². The number of fused-ring (bicyclic) bond motifs is 1. The molecule has 0 radical (unpaired) electrons. The van der Waals surface area contributed by atoms with Crippen molar-refractivity contribution >= 4 is 28.5 Å². The molecule has 1 N–H and O–H groups in total. The Morgan fingerprint density at radius 3 is 2.79 bits per heavy atom. The van der Waals surface area contributed by atoms with Crippen LogP contribution in [0, 0.1) is 5.92 Å². The van der Waals surface area contributed by atoms with Gasteiger partial charge in [-0.15, -0.1) is 0 Å². The van der Waals surface area contributed by atoms with E-state index < -0.39 is 0 Å². The van der Waals surface area contributed by atoms with Gasteiger partial charge in [0.05, 0.1) is 5.52 Å². The minimum absolute atomic E-state index is 0.783. The summed E-state index contributed by atoms with van der Waals surface area (Å²) in [6.07, 6.45) is 1.28. The smallest absolute Gasteiger partial charge is 0.130 e. The average molecular weight is 274 g/mol. The van der Waals surface area contributed by atoms with Crippen molar-refractivity contribution in [3.63, 3.8) is 0 Å². The molecule has 0 aliphatic rings. The standard InChI is InChI=1S/C16H22N2S/c1-12(2)8-9-19-11-14-10-13-6-4-5-7-15(13)18-16(14)17-3/h4-7,10,12H,8-9,11H2,1-3H3,(H,17,18). The minimum Gasteiger partial charge on any atom is -0.373 e. The molecule has 1 heterocycles. The van der Waals surface area contributed by atoms with Gasteiger partial charge in [0, 0.05) is 23.8 Å². The van der Waals surface area contributed by atoms with Crippen LogP contribution in [0.1, 0.15) is 25.8 Å². The Hall–Kier alpha value is -1.22. The van der Waals surface area contributed by atoms with E-state index in [2.05, 4.69) is 48.4 Å². The molecule has 3 heteroatoms. The Balaban J connectivity index is 2.12. The first-order valence-corrected chi connectivity index (χ1v) is 8.00. The van der Waals surface area contributed by atoms with Gasteiger partial charge >= 0.3 is 0 Å². The highest BCUT2D eigenvalue weighted by Crippen LogP contribution is 2.24. The van der Waals surface area contributed by atoms with Crippen molar-refractivity contribution in [2.24, 2.45) is 5.92 Å². The summed E-state index contributed by atoms with van der Waals surface area (Å²) in [7, 11) is 1.94. The predicted octanol–water partition coefficient (Wildman–Crippen LogP) is 4.56. The van der Waals surface area contributed by atoms with E-state index in [1.807, 2.05) is 24.9 Å². The molecule has 1 aromatic heterocycles. The quantitative estimate of drug-likeness (QED) is 0.782. The molecular weight excluding hydrogens is 252 g/mol. The van der Waals surface area contributed by atoms with Crippen LogP contribution >= 0.6 is 11.8 Å². The number of nitrogens with zero attached hydrogens (tertiary/aromatic N) is 1. The van der Waals surface area contributed by atoms with Gasteiger partial charge in [0.15, 0.2) is 0 Å². The van der Waals surface area contributed by atoms with Gasteiger partial charge in [-0.2, -0.15) is 11.8 Å². The van der Waals surface area contributed by atoms with Gasteiger partial charge in [0.25, 0.3) is 0 Å². The zero-order valence-electron chi connectivity index (χ0n) is 11.9. The van der Waals surface area contributed by atoms with Crippen molar-refractivity contribution in [2.75, 3.05) is 18.1 Å². The van der Waals surface area contributed by atoms with Crippen molar-refractivity contribution < 1.29 is 0 Å². The maximum atomic E-state index is 4.68. The first-order chi connectivity index (χ1) is 9.20. The van der Waals surface area contributed by atoms with E-state index in [1.165, 1.54) is 23.1 Å². The molecule has 19 heavy (non-hydrogen) atoms. The molecule has 2 aromatic rings. The molecule has 0 amide bonds. The summed E-state index contributed by atoms with van der Waals surface area (Å²) >= 11 is 1.99. The Morgan fingerprint density at radius 2 is 2.05 bits per heavy atom. The lowest BCUT2D eigenvalue weighted by atomic mass is 10.1. The Morgan fingerprint density at radius 1 is 1.26 bits per heavy atom. The molecular formula is C16H22N2S. The van der Waals surface area contributed by atoms with E-state index in [4.69, 9.17) is 0 Å². The lowest BCUT2D eigenvalue weighted by Gasteiger charge is -2.10. The highest BCUT2D eigenvalue weighted by atomic mass is 32.2. The lowest BCUT2D eigenvalue weighted by molar-refractivity contribution is 0.632. The molecule has 0 atom stereocenters. The van der Waals surface area contributed by atoms with E-state index in [1.54, 1.807) is 0 Å².